The van der Waals surface area contributed by atoms with Crippen LogP contribution in [0.25, 0.3) is 11.0 Å². The number of hydrogen-bond donors (Lipinski definition) is 2. The van der Waals surface area contributed by atoms with E-state index >= 15 is 0 Å². The standard InChI is InChI=1S/C26H34ClN3O4/c1-6-12-26(32,13-7-2)19-10-9-11-20-24(19)30(16-22(31)34-8-3)25(28-20)29-23-17(4)14-18(27)15-21(23)33-5/h9-11,14-15,32H,6-8,12-13,16H2,1-5H3,(H,28,29). The summed E-state index contributed by atoms with van der Waals surface area (Å²) in [4.78, 5) is 17.4. The Kier molecular flexibility index (Phi) is 8.44. The fraction of sp³-hybridized carbons (Fsp3) is 0.462. The molecule has 8 heteroatoms. The van der Waals surface area contributed by atoms with E-state index < -0.39 is 5.60 Å². The van der Waals surface area contributed by atoms with E-state index in [1.165, 1.54) is 0 Å². The van der Waals surface area contributed by atoms with Crippen molar-refractivity contribution in [3.63, 3.8) is 0 Å². The molecule has 0 unspecified atom stereocenters. The van der Waals surface area contributed by atoms with E-state index in [9.17, 15) is 9.90 Å². The highest BCUT2D eigenvalue weighted by molar-refractivity contribution is 6.31. The van der Waals surface area contributed by atoms with E-state index in [-0.39, 0.29) is 19.1 Å². The van der Waals surface area contributed by atoms with Crippen LogP contribution in [0.15, 0.2) is 30.3 Å². The van der Waals surface area contributed by atoms with Gasteiger partial charge in [0.1, 0.15) is 12.3 Å². The minimum Gasteiger partial charge on any atom is -0.495 e. The van der Waals surface area contributed by atoms with Crippen LogP contribution in [0.2, 0.25) is 5.02 Å². The first-order valence-corrected chi connectivity index (χ1v) is 12.1. The Bertz CT molecular complexity index is 1150. The summed E-state index contributed by atoms with van der Waals surface area (Å²) in [6, 6.07) is 9.26. The lowest BCUT2D eigenvalue weighted by molar-refractivity contribution is -0.143. The van der Waals surface area contributed by atoms with E-state index in [0.717, 1.165) is 24.0 Å². The highest BCUT2D eigenvalue weighted by atomic mass is 35.5. The van der Waals surface area contributed by atoms with Crippen molar-refractivity contribution in [2.45, 2.75) is 65.5 Å². The number of para-hydroxylation sites is 1. The molecule has 0 amide bonds. The highest BCUT2D eigenvalue weighted by Crippen LogP contribution is 2.39. The predicted molar refractivity (Wildman–Crippen MR) is 136 cm³/mol. The third-order valence-corrected chi connectivity index (χ3v) is 6.13. The summed E-state index contributed by atoms with van der Waals surface area (Å²) in [5, 5.41) is 15.6. The van der Waals surface area contributed by atoms with E-state index in [1.807, 2.05) is 31.2 Å². The molecule has 0 spiro atoms. The Hall–Kier alpha value is -2.77. The molecule has 184 valence electrons. The third-order valence-electron chi connectivity index (χ3n) is 5.91. The lowest BCUT2D eigenvalue weighted by atomic mass is 9.84. The van der Waals surface area contributed by atoms with Gasteiger partial charge in [0.05, 0.1) is 36.0 Å². The summed E-state index contributed by atoms with van der Waals surface area (Å²) in [6.07, 6.45) is 2.87. The fourth-order valence-electron chi connectivity index (χ4n) is 4.51. The molecule has 0 aliphatic heterocycles. The molecule has 34 heavy (non-hydrogen) atoms. The SMILES string of the molecule is CCCC(O)(CCC)c1cccc2nc(Nc3c(C)cc(Cl)cc3OC)n(CC(=O)OCC)c12. The molecule has 3 rings (SSSR count). The number of aryl methyl sites for hydroxylation is 1. The van der Waals surface area contributed by atoms with Crippen LogP contribution in [0.4, 0.5) is 11.6 Å². The number of hydrogen-bond acceptors (Lipinski definition) is 6. The molecule has 2 N–H and O–H groups in total. The Morgan fingerprint density at radius 2 is 1.91 bits per heavy atom. The average Bonchev–Trinajstić information content (AvgIpc) is 3.12. The van der Waals surface area contributed by atoms with Gasteiger partial charge in [0.2, 0.25) is 5.95 Å². The molecule has 0 aliphatic rings. The summed E-state index contributed by atoms with van der Waals surface area (Å²) in [5.74, 6) is 0.636. The van der Waals surface area contributed by atoms with Gasteiger partial charge in [-0.1, -0.05) is 50.4 Å². The molecular weight excluding hydrogens is 454 g/mol. The van der Waals surface area contributed by atoms with Crippen molar-refractivity contribution in [3.8, 4) is 5.75 Å². The van der Waals surface area contributed by atoms with E-state index in [4.69, 9.17) is 26.1 Å². The summed E-state index contributed by atoms with van der Waals surface area (Å²) in [7, 11) is 1.57. The quantitative estimate of drug-likeness (QED) is 0.318. The zero-order valence-corrected chi connectivity index (χ0v) is 21.3. The summed E-state index contributed by atoms with van der Waals surface area (Å²) >= 11 is 6.22. The fourth-order valence-corrected chi connectivity index (χ4v) is 4.78. The normalized spacial score (nSPS) is 11.6. The maximum Gasteiger partial charge on any atom is 0.326 e. The van der Waals surface area contributed by atoms with E-state index in [1.54, 1.807) is 24.7 Å². The predicted octanol–water partition coefficient (Wildman–Crippen LogP) is 6.10. The molecule has 0 bridgehead atoms. The van der Waals surface area contributed by atoms with Crippen molar-refractivity contribution in [1.29, 1.82) is 0 Å². The number of aliphatic hydroxyl groups is 1. The number of anilines is 2. The van der Waals surface area contributed by atoms with Crippen LogP contribution in [-0.4, -0.2) is 34.3 Å². The van der Waals surface area contributed by atoms with Crippen molar-refractivity contribution in [1.82, 2.24) is 9.55 Å². The number of carbonyl (C=O) groups excluding carboxylic acids is 1. The van der Waals surface area contributed by atoms with Gasteiger partial charge in [-0.2, -0.15) is 0 Å². The maximum absolute atomic E-state index is 12.6. The minimum atomic E-state index is -1.03. The second kappa shape index (κ2) is 11.1. The molecule has 0 saturated heterocycles. The molecule has 0 fully saturated rings. The van der Waals surface area contributed by atoms with Gasteiger partial charge in [0, 0.05) is 16.7 Å². The van der Waals surface area contributed by atoms with Gasteiger partial charge in [-0.05, 0) is 44.4 Å². The summed E-state index contributed by atoms with van der Waals surface area (Å²) < 4.78 is 12.6. The van der Waals surface area contributed by atoms with Crippen LogP contribution in [-0.2, 0) is 21.7 Å². The van der Waals surface area contributed by atoms with Gasteiger partial charge in [-0.3, -0.25) is 9.36 Å². The van der Waals surface area contributed by atoms with Gasteiger partial charge in [-0.15, -0.1) is 0 Å². The first-order chi connectivity index (χ1) is 16.3. The number of ether oxygens (including phenoxy) is 2. The second-order valence-corrected chi connectivity index (χ2v) is 8.89. The van der Waals surface area contributed by atoms with Crippen LogP contribution in [0.1, 0.15) is 57.6 Å². The zero-order valence-electron chi connectivity index (χ0n) is 20.6. The van der Waals surface area contributed by atoms with E-state index in [0.29, 0.717) is 46.3 Å². The maximum atomic E-state index is 12.6. The van der Waals surface area contributed by atoms with Gasteiger partial charge in [0.15, 0.2) is 0 Å². The number of fused-ring (bicyclic) bond motifs is 1. The zero-order chi connectivity index (χ0) is 24.9. The van der Waals surface area contributed by atoms with Crippen LogP contribution in [0.5, 0.6) is 5.75 Å². The number of methoxy groups -OCH3 is 1. The largest absolute Gasteiger partial charge is 0.495 e. The number of aromatic nitrogens is 2. The van der Waals surface area contributed by atoms with Crippen LogP contribution in [0.3, 0.4) is 0 Å². The van der Waals surface area contributed by atoms with Crippen molar-refractivity contribution in [3.05, 3.63) is 46.5 Å². The molecule has 1 aromatic heterocycles. The number of halogens is 1. The molecule has 7 nitrogen and oxygen atoms in total. The van der Waals surface area contributed by atoms with Crippen LogP contribution in [0, 0.1) is 6.92 Å². The van der Waals surface area contributed by atoms with Crippen LogP contribution < -0.4 is 10.1 Å². The first kappa shape index (κ1) is 25.8. The molecule has 0 radical (unpaired) electrons. The van der Waals surface area contributed by atoms with E-state index in [2.05, 4.69) is 19.2 Å². The van der Waals surface area contributed by atoms with Gasteiger partial charge < -0.3 is 19.9 Å². The lowest BCUT2D eigenvalue weighted by Gasteiger charge is -2.29. The van der Waals surface area contributed by atoms with Crippen molar-refractivity contribution in [2.75, 3.05) is 19.0 Å². The topological polar surface area (TPSA) is 85.6 Å². The number of benzene rings is 2. The third kappa shape index (κ3) is 5.31. The smallest absolute Gasteiger partial charge is 0.326 e. The Labute approximate surface area is 206 Å². The second-order valence-electron chi connectivity index (χ2n) is 8.46. The van der Waals surface area contributed by atoms with Gasteiger partial charge in [0.25, 0.3) is 0 Å². The number of esters is 1. The van der Waals surface area contributed by atoms with Crippen molar-refractivity contribution in [2.24, 2.45) is 0 Å². The average molecular weight is 488 g/mol. The molecule has 1 heterocycles. The Morgan fingerprint density at radius 3 is 2.53 bits per heavy atom. The molecule has 3 aromatic rings. The number of imidazole rings is 1. The van der Waals surface area contributed by atoms with Crippen molar-refractivity contribution >= 4 is 40.2 Å². The monoisotopic (exact) mass is 487 g/mol. The van der Waals surface area contributed by atoms with Crippen LogP contribution >= 0.6 is 11.6 Å². The number of nitrogens with one attached hydrogen (secondary N) is 1. The molecular formula is C26H34ClN3O4. The number of carbonyl (C=O) groups is 1. The molecule has 0 aliphatic carbocycles. The molecule has 2 aromatic carbocycles. The minimum absolute atomic E-state index is 0.0486. The van der Waals surface area contributed by atoms with Gasteiger partial charge >= 0.3 is 5.97 Å². The number of nitrogens with zero attached hydrogens (tertiary/aromatic N) is 2. The first-order valence-electron chi connectivity index (χ1n) is 11.8. The molecule has 0 atom stereocenters. The Balaban J connectivity index is 2.24. The van der Waals surface area contributed by atoms with Crippen molar-refractivity contribution < 1.29 is 19.4 Å². The summed E-state index contributed by atoms with van der Waals surface area (Å²) in [6.45, 7) is 8.03. The summed E-state index contributed by atoms with van der Waals surface area (Å²) in [5.41, 5.74) is 2.70. The lowest BCUT2D eigenvalue weighted by Crippen LogP contribution is -2.27. The number of rotatable bonds is 11. The molecule has 0 saturated carbocycles. The highest BCUT2D eigenvalue weighted by Gasteiger charge is 2.32. The Morgan fingerprint density at radius 1 is 1.21 bits per heavy atom. The van der Waals surface area contributed by atoms with Gasteiger partial charge in [-0.25, -0.2) is 4.98 Å².